The van der Waals surface area contributed by atoms with Gasteiger partial charge in [0, 0.05) is 17.0 Å². The van der Waals surface area contributed by atoms with Crippen LogP contribution in [-0.2, 0) is 9.53 Å². The number of para-hydroxylation sites is 2. The Morgan fingerprint density at radius 3 is 2.44 bits per heavy atom. The fraction of sp³-hybridized carbons (Fsp3) is 0.152. The molecule has 0 unspecified atom stereocenters. The fourth-order valence-corrected chi connectivity index (χ4v) is 4.68. The van der Waals surface area contributed by atoms with Crippen molar-refractivity contribution in [1.82, 2.24) is 10.3 Å². The number of benzene rings is 4. The number of nitrogens with one attached hydrogen (secondary N) is 2. The second-order valence-corrected chi connectivity index (χ2v) is 9.92. The maximum absolute atomic E-state index is 13.3. The molecule has 6 rings (SSSR count). The van der Waals surface area contributed by atoms with Crippen LogP contribution in [0.25, 0.3) is 32.9 Å². The Bertz CT molecular complexity index is 1810. The summed E-state index contributed by atoms with van der Waals surface area (Å²) in [6.07, 6.45) is 1.91. The molecule has 0 bridgehead atoms. The van der Waals surface area contributed by atoms with E-state index in [9.17, 15) is 14.4 Å². The molecule has 1 saturated carbocycles. The fourth-order valence-electron chi connectivity index (χ4n) is 4.68. The van der Waals surface area contributed by atoms with E-state index in [1.807, 2.05) is 54.6 Å². The highest BCUT2D eigenvalue weighted by molar-refractivity contribution is 6.07. The largest absolute Gasteiger partial charge is 0.497 e. The van der Waals surface area contributed by atoms with E-state index in [1.165, 1.54) is 0 Å². The molecule has 0 spiro atoms. The van der Waals surface area contributed by atoms with Crippen LogP contribution in [-0.4, -0.2) is 42.5 Å². The lowest BCUT2D eigenvalue weighted by Crippen LogP contribution is -2.28. The van der Waals surface area contributed by atoms with Crippen molar-refractivity contribution in [2.75, 3.05) is 19.0 Å². The summed E-state index contributed by atoms with van der Waals surface area (Å²) >= 11 is 0. The third kappa shape index (κ3) is 5.72. The van der Waals surface area contributed by atoms with E-state index in [0.29, 0.717) is 33.4 Å². The molecule has 0 aliphatic heterocycles. The average molecular weight is 546 g/mol. The Labute approximate surface area is 236 Å². The summed E-state index contributed by atoms with van der Waals surface area (Å²) < 4.78 is 10.8. The quantitative estimate of drug-likeness (QED) is 0.241. The monoisotopic (exact) mass is 545 g/mol. The molecule has 1 fully saturated rings. The van der Waals surface area contributed by atoms with E-state index < -0.39 is 18.5 Å². The first kappa shape index (κ1) is 26.0. The number of hydrogen-bond acceptors (Lipinski definition) is 6. The van der Waals surface area contributed by atoms with Crippen LogP contribution in [0.15, 0.2) is 91.0 Å². The summed E-state index contributed by atoms with van der Waals surface area (Å²) in [5, 5.41) is 8.26. The van der Waals surface area contributed by atoms with Gasteiger partial charge < -0.3 is 20.1 Å². The summed E-state index contributed by atoms with van der Waals surface area (Å²) in [7, 11) is 1.63. The second kappa shape index (κ2) is 11.1. The first-order valence-electron chi connectivity index (χ1n) is 13.3. The van der Waals surface area contributed by atoms with Crippen molar-refractivity contribution >= 4 is 45.1 Å². The van der Waals surface area contributed by atoms with Gasteiger partial charge in [0.15, 0.2) is 6.61 Å². The molecular weight excluding hydrogens is 518 g/mol. The Morgan fingerprint density at radius 2 is 1.61 bits per heavy atom. The van der Waals surface area contributed by atoms with E-state index in [-0.39, 0.29) is 11.9 Å². The maximum atomic E-state index is 13.3. The van der Waals surface area contributed by atoms with E-state index in [0.717, 1.165) is 34.9 Å². The first-order valence-corrected chi connectivity index (χ1v) is 13.3. The van der Waals surface area contributed by atoms with Gasteiger partial charge in [0.1, 0.15) is 5.75 Å². The van der Waals surface area contributed by atoms with Gasteiger partial charge in [0.25, 0.3) is 11.8 Å². The minimum absolute atomic E-state index is 0.186. The van der Waals surface area contributed by atoms with Gasteiger partial charge in [-0.25, -0.2) is 9.78 Å². The van der Waals surface area contributed by atoms with Crippen LogP contribution in [0.4, 0.5) is 5.69 Å². The summed E-state index contributed by atoms with van der Waals surface area (Å²) in [6.45, 7) is -0.513. The lowest BCUT2D eigenvalue weighted by molar-refractivity contribution is -0.119. The topological polar surface area (TPSA) is 107 Å². The lowest BCUT2D eigenvalue weighted by atomic mass is 10.0. The maximum Gasteiger partial charge on any atom is 0.339 e. The van der Waals surface area contributed by atoms with Crippen LogP contribution < -0.4 is 15.4 Å². The summed E-state index contributed by atoms with van der Waals surface area (Å²) in [5.41, 5.74) is 3.09. The van der Waals surface area contributed by atoms with E-state index in [1.54, 1.807) is 43.5 Å². The number of fused-ring (bicyclic) bond motifs is 2. The Kier molecular flexibility index (Phi) is 7.04. The highest BCUT2D eigenvalue weighted by atomic mass is 16.5. The highest BCUT2D eigenvalue weighted by Crippen LogP contribution is 2.29. The molecular formula is C33H27N3O5. The number of anilines is 1. The summed E-state index contributed by atoms with van der Waals surface area (Å²) in [4.78, 5) is 43.4. The van der Waals surface area contributed by atoms with Gasteiger partial charge in [-0.05, 0) is 66.1 Å². The van der Waals surface area contributed by atoms with Crippen molar-refractivity contribution in [3.63, 3.8) is 0 Å². The van der Waals surface area contributed by atoms with Crippen LogP contribution in [0.5, 0.6) is 5.75 Å². The molecule has 0 atom stereocenters. The van der Waals surface area contributed by atoms with Gasteiger partial charge in [-0.15, -0.1) is 0 Å². The molecule has 0 saturated heterocycles. The van der Waals surface area contributed by atoms with Crippen LogP contribution in [0.1, 0.15) is 33.6 Å². The molecule has 5 aromatic rings. The Hall–Kier alpha value is -5.24. The zero-order chi connectivity index (χ0) is 28.3. The van der Waals surface area contributed by atoms with Gasteiger partial charge >= 0.3 is 5.97 Å². The number of ether oxygens (including phenoxy) is 2. The van der Waals surface area contributed by atoms with Crippen LogP contribution >= 0.6 is 0 Å². The van der Waals surface area contributed by atoms with E-state index in [2.05, 4.69) is 10.6 Å². The van der Waals surface area contributed by atoms with Crippen molar-refractivity contribution in [3.8, 4) is 17.0 Å². The Morgan fingerprint density at radius 1 is 0.854 bits per heavy atom. The molecule has 41 heavy (non-hydrogen) atoms. The van der Waals surface area contributed by atoms with Gasteiger partial charge in [-0.2, -0.15) is 0 Å². The molecule has 1 aromatic heterocycles. The number of carbonyl (C=O) groups is 3. The van der Waals surface area contributed by atoms with Crippen LogP contribution in [0.2, 0.25) is 0 Å². The number of methoxy groups -OCH3 is 1. The molecule has 2 amide bonds. The first-order chi connectivity index (χ1) is 20.0. The summed E-state index contributed by atoms with van der Waals surface area (Å²) in [5.74, 6) is -0.670. The predicted octanol–water partition coefficient (Wildman–Crippen LogP) is 5.75. The molecule has 204 valence electrons. The number of esters is 1. The third-order valence-electron chi connectivity index (χ3n) is 6.97. The number of carbonyl (C=O) groups excluding carboxylic acids is 3. The zero-order valence-electron chi connectivity index (χ0n) is 22.3. The molecule has 1 aliphatic carbocycles. The third-order valence-corrected chi connectivity index (χ3v) is 6.97. The normalized spacial score (nSPS) is 12.6. The number of hydrogen-bond donors (Lipinski definition) is 2. The molecule has 4 aromatic carbocycles. The molecule has 2 N–H and O–H groups in total. The van der Waals surface area contributed by atoms with Crippen molar-refractivity contribution in [3.05, 3.63) is 102 Å². The van der Waals surface area contributed by atoms with Crippen molar-refractivity contribution in [1.29, 1.82) is 0 Å². The van der Waals surface area contributed by atoms with Crippen molar-refractivity contribution < 1.29 is 23.9 Å². The van der Waals surface area contributed by atoms with Crippen LogP contribution in [0.3, 0.4) is 0 Å². The number of pyridine rings is 1. The minimum Gasteiger partial charge on any atom is -0.497 e. The lowest BCUT2D eigenvalue weighted by Gasteiger charge is -2.12. The highest BCUT2D eigenvalue weighted by Gasteiger charge is 2.25. The number of rotatable bonds is 8. The standard InChI is InChI=1S/C33H27N3O5/c1-40-24-15-12-20-16-22(11-10-21(20)17-24)30-18-27(25-6-2-4-8-28(25)35-30)33(39)41-19-31(37)36-29-9-5-3-7-26(29)32(38)34-23-13-14-23/h2-12,15-18,23H,13-14,19H2,1H3,(H,34,38)(H,36,37). The Balaban J connectivity index is 1.22. The summed E-state index contributed by atoms with van der Waals surface area (Å²) in [6, 6.07) is 27.7. The zero-order valence-corrected chi connectivity index (χ0v) is 22.3. The van der Waals surface area contributed by atoms with Gasteiger partial charge in [-0.1, -0.05) is 48.5 Å². The molecule has 1 aliphatic rings. The second-order valence-electron chi connectivity index (χ2n) is 9.92. The van der Waals surface area contributed by atoms with Gasteiger partial charge in [-0.3, -0.25) is 9.59 Å². The number of amides is 2. The molecule has 8 heteroatoms. The van der Waals surface area contributed by atoms with Gasteiger partial charge in [0.2, 0.25) is 0 Å². The van der Waals surface area contributed by atoms with E-state index >= 15 is 0 Å². The molecule has 8 nitrogen and oxygen atoms in total. The number of nitrogens with zero attached hydrogens (tertiary/aromatic N) is 1. The minimum atomic E-state index is -0.648. The number of aromatic nitrogens is 1. The van der Waals surface area contributed by atoms with E-state index in [4.69, 9.17) is 14.5 Å². The average Bonchev–Trinajstić information content (AvgIpc) is 3.83. The molecule has 0 radical (unpaired) electrons. The molecule has 1 heterocycles. The van der Waals surface area contributed by atoms with Crippen molar-refractivity contribution in [2.45, 2.75) is 18.9 Å². The SMILES string of the molecule is COc1ccc2cc(-c3cc(C(=O)OCC(=O)Nc4ccccc4C(=O)NC4CC4)c4ccccc4n3)ccc2c1. The smallest absolute Gasteiger partial charge is 0.339 e. The van der Waals surface area contributed by atoms with Crippen LogP contribution in [0, 0.1) is 0 Å². The van der Waals surface area contributed by atoms with Gasteiger partial charge in [0.05, 0.1) is 35.1 Å². The predicted molar refractivity (Wildman–Crippen MR) is 157 cm³/mol. The van der Waals surface area contributed by atoms with Crippen molar-refractivity contribution in [2.24, 2.45) is 0 Å².